The van der Waals surface area contributed by atoms with Gasteiger partial charge in [-0.2, -0.15) is 0 Å². The van der Waals surface area contributed by atoms with E-state index in [2.05, 4.69) is 6.58 Å². The summed E-state index contributed by atoms with van der Waals surface area (Å²) in [7, 11) is 1.21. The van der Waals surface area contributed by atoms with Crippen molar-refractivity contribution in [3.8, 4) is 0 Å². The van der Waals surface area contributed by atoms with Gasteiger partial charge in [-0.3, -0.25) is 24.0 Å². The van der Waals surface area contributed by atoms with E-state index in [1.807, 2.05) is 0 Å². The van der Waals surface area contributed by atoms with Crippen molar-refractivity contribution in [3.63, 3.8) is 0 Å². The summed E-state index contributed by atoms with van der Waals surface area (Å²) in [5, 5.41) is 0. The molecule has 1 spiro atoms. The second-order valence-corrected chi connectivity index (χ2v) is 14.5. The van der Waals surface area contributed by atoms with Crippen molar-refractivity contribution in [1.82, 2.24) is 0 Å². The van der Waals surface area contributed by atoms with E-state index in [9.17, 15) is 24.0 Å². The lowest BCUT2D eigenvalue weighted by Crippen LogP contribution is -2.72. The van der Waals surface area contributed by atoms with Gasteiger partial charge < -0.3 is 32.8 Å². The molecule has 1 aromatic rings. The molecular weight excluding hydrogens is 640 g/mol. The standard InChI is InChI=1S/C36H44O13/c1-11-17(2)32(42)48-30-26(45-19(4)37)31-34(8,22(33(30,6)7)14-23(39)43-10)27(41)25-18(3)36(49-31)15-24(40)47-28(21-12-13-44-16-21)35(36,9)29(25)46-20(5)38/h11-13,16,22,25-26,28-31H,3,14-15H2,1-2,4-10H3/t22-,25-,26+,28+,29+,30+,31-,34-,35-,36+/m1/s1. The van der Waals surface area contributed by atoms with Crippen molar-refractivity contribution in [1.29, 1.82) is 0 Å². The molecule has 2 aliphatic heterocycles. The fourth-order valence-electron chi connectivity index (χ4n) is 9.00. The summed E-state index contributed by atoms with van der Waals surface area (Å²) in [6.07, 6.45) is -2.89. The number of allylic oxidation sites excluding steroid dienone is 1. The number of carbonyl (C=O) groups is 6. The molecule has 0 N–H and O–H groups in total. The van der Waals surface area contributed by atoms with E-state index in [-0.39, 0.29) is 17.6 Å². The Labute approximate surface area is 284 Å². The highest BCUT2D eigenvalue weighted by Crippen LogP contribution is 2.71. The summed E-state index contributed by atoms with van der Waals surface area (Å²) >= 11 is 0. The Morgan fingerprint density at radius 2 is 1.65 bits per heavy atom. The Balaban J connectivity index is 1.83. The van der Waals surface area contributed by atoms with Crippen molar-refractivity contribution < 1.29 is 61.6 Å². The summed E-state index contributed by atoms with van der Waals surface area (Å²) in [5.41, 5.74) is -5.31. The van der Waals surface area contributed by atoms with Gasteiger partial charge in [-0.25, -0.2) is 4.79 Å². The predicted molar refractivity (Wildman–Crippen MR) is 168 cm³/mol. The maximum absolute atomic E-state index is 15.5. The van der Waals surface area contributed by atoms with Crippen LogP contribution >= 0.6 is 0 Å². The van der Waals surface area contributed by atoms with Gasteiger partial charge >= 0.3 is 29.8 Å². The van der Waals surface area contributed by atoms with E-state index < -0.39 is 106 Å². The number of ketones is 1. The van der Waals surface area contributed by atoms with Crippen LogP contribution in [-0.4, -0.2) is 72.8 Å². The van der Waals surface area contributed by atoms with E-state index in [1.54, 1.807) is 53.7 Å². The molecular formula is C36H44O13. The van der Waals surface area contributed by atoms with E-state index in [1.165, 1.54) is 33.5 Å². The molecule has 1 aromatic heterocycles. The molecule has 0 unspecified atom stereocenters. The van der Waals surface area contributed by atoms with Crippen LogP contribution in [0.25, 0.3) is 0 Å². The van der Waals surface area contributed by atoms with Crippen molar-refractivity contribution >= 4 is 35.6 Å². The van der Waals surface area contributed by atoms with Crippen molar-refractivity contribution in [2.24, 2.45) is 28.1 Å². The molecule has 5 rings (SSSR count). The fourth-order valence-corrected chi connectivity index (χ4v) is 9.00. The number of cyclic esters (lactones) is 1. The Bertz CT molecular complexity index is 1620. The number of furan rings is 1. The van der Waals surface area contributed by atoms with Crippen LogP contribution in [0.3, 0.4) is 0 Å². The van der Waals surface area contributed by atoms with Gasteiger partial charge in [-0.05, 0) is 45.3 Å². The number of methoxy groups -OCH3 is 1. The fraction of sp³-hybridized carbons (Fsp3) is 0.611. The van der Waals surface area contributed by atoms with Gasteiger partial charge in [0, 0.05) is 30.4 Å². The topological polar surface area (TPSA) is 171 Å². The van der Waals surface area contributed by atoms with Crippen LogP contribution < -0.4 is 0 Å². The molecule has 0 amide bonds. The SMILES string of the molecule is C=C1[C@@H]2C(=O)[C@]3(C)[C@H](O[C@@]14CC(=O)O[C@@H](c1ccoc1)[C@]4(C)[C@H]2OC(C)=O)[C@@H](OC(C)=O)[C@H](OC(=O)C(C)=CC)C(C)(C)[C@H]3CC(=O)OC. The normalized spacial score (nSPS) is 37.9. The highest BCUT2D eigenvalue weighted by atomic mass is 16.6. The minimum Gasteiger partial charge on any atom is -0.472 e. The van der Waals surface area contributed by atoms with Crippen LogP contribution in [0, 0.1) is 28.1 Å². The first-order chi connectivity index (χ1) is 22.8. The smallest absolute Gasteiger partial charge is 0.333 e. The first kappa shape index (κ1) is 36.0. The third kappa shape index (κ3) is 5.14. The van der Waals surface area contributed by atoms with Crippen LogP contribution in [0.5, 0.6) is 0 Å². The van der Waals surface area contributed by atoms with Crippen LogP contribution in [0.4, 0.5) is 0 Å². The number of rotatable bonds is 7. The minimum atomic E-state index is -1.75. The van der Waals surface area contributed by atoms with E-state index in [4.69, 9.17) is 32.8 Å². The lowest BCUT2D eigenvalue weighted by atomic mass is 9.49. The first-order valence-electron chi connectivity index (χ1n) is 16.2. The summed E-state index contributed by atoms with van der Waals surface area (Å²) < 4.78 is 41.6. The molecule has 2 aliphatic carbocycles. The van der Waals surface area contributed by atoms with Gasteiger partial charge in [0.05, 0.1) is 49.2 Å². The molecule has 266 valence electrons. The van der Waals surface area contributed by atoms with E-state index in [0.29, 0.717) is 5.56 Å². The molecule has 0 aromatic carbocycles. The average Bonchev–Trinajstić information content (AvgIpc) is 3.61. The minimum absolute atomic E-state index is 0.168. The van der Waals surface area contributed by atoms with Gasteiger partial charge in [0.25, 0.3) is 0 Å². The van der Waals surface area contributed by atoms with Crippen molar-refractivity contribution in [2.75, 3.05) is 7.11 Å². The molecule has 0 radical (unpaired) electrons. The number of hydrogen-bond donors (Lipinski definition) is 0. The van der Waals surface area contributed by atoms with E-state index >= 15 is 4.79 Å². The first-order valence-corrected chi connectivity index (χ1v) is 16.2. The van der Waals surface area contributed by atoms with Gasteiger partial charge in [-0.15, -0.1) is 0 Å². The second kappa shape index (κ2) is 12.3. The van der Waals surface area contributed by atoms with Gasteiger partial charge in [0.1, 0.15) is 30.0 Å². The highest BCUT2D eigenvalue weighted by Gasteiger charge is 2.81. The molecule has 10 atom stereocenters. The average molecular weight is 685 g/mol. The number of carbonyl (C=O) groups excluding carboxylic acids is 6. The molecule has 49 heavy (non-hydrogen) atoms. The summed E-state index contributed by atoms with van der Waals surface area (Å²) in [5.74, 6) is -6.24. The van der Waals surface area contributed by atoms with Crippen LogP contribution in [0.2, 0.25) is 0 Å². The number of hydrogen-bond acceptors (Lipinski definition) is 13. The summed E-state index contributed by atoms with van der Waals surface area (Å²) in [4.78, 5) is 81.2. The highest BCUT2D eigenvalue weighted by molar-refractivity contribution is 5.95. The molecule has 4 aliphatic rings. The van der Waals surface area contributed by atoms with Crippen LogP contribution in [0.15, 0.2) is 46.8 Å². The number of ether oxygens (including phenoxy) is 6. The van der Waals surface area contributed by atoms with Gasteiger partial charge in [-0.1, -0.05) is 26.5 Å². The zero-order valence-electron chi connectivity index (χ0n) is 29.3. The number of fused-ring (bicyclic) bond motifs is 2. The molecule has 13 nitrogen and oxygen atoms in total. The van der Waals surface area contributed by atoms with Gasteiger partial charge in [0.15, 0.2) is 11.9 Å². The number of esters is 5. The number of Topliss-reactive ketones (excluding diaryl/α,β-unsaturated/α-hetero) is 1. The lowest BCUT2D eigenvalue weighted by molar-refractivity contribution is -0.299. The Morgan fingerprint density at radius 1 is 1.00 bits per heavy atom. The Kier molecular flexibility index (Phi) is 9.01. The van der Waals surface area contributed by atoms with Crippen molar-refractivity contribution in [2.45, 2.75) is 104 Å². The molecule has 4 fully saturated rings. The van der Waals surface area contributed by atoms with Gasteiger partial charge in [0.2, 0.25) is 0 Å². The van der Waals surface area contributed by atoms with Crippen molar-refractivity contribution in [3.05, 3.63) is 48.0 Å². The second-order valence-electron chi connectivity index (χ2n) is 14.5. The summed E-state index contributed by atoms with van der Waals surface area (Å²) in [6, 6.07) is 1.59. The third-order valence-corrected chi connectivity index (χ3v) is 11.6. The maximum Gasteiger partial charge on any atom is 0.333 e. The molecule has 13 heteroatoms. The zero-order chi connectivity index (χ0) is 36.4. The van der Waals surface area contributed by atoms with E-state index in [0.717, 1.165) is 0 Å². The zero-order valence-corrected chi connectivity index (χ0v) is 29.3. The molecule has 2 bridgehead atoms. The Hall–Kier alpha value is -4.26. The molecule has 2 saturated carbocycles. The predicted octanol–water partition coefficient (Wildman–Crippen LogP) is 4.13. The van der Waals surface area contributed by atoms with Crippen LogP contribution in [0.1, 0.15) is 79.9 Å². The molecule has 3 heterocycles. The van der Waals surface area contributed by atoms with Crippen LogP contribution in [-0.2, 0) is 57.2 Å². The maximum atomic E-state index is 15.5. The Morgan fingerprint density at radius 3 is 2.20 bits per heavy atom. The lowest BCUT2D eigenvalue weighted by Gasteiger charge is -2.61. The summed E-state index contributed by atoms with van der Waals surface area (Å²) in [6.45, 7) is 16.7. The largest absolute Gasteiger partial charge is 0.472 e. The molecule has 2 saturated heterocycles. The monoisotopic (exact) mass is 684 g/mol. The third-order valence-electron chi connectivity index (χ3n) is 11.6. The quantitative estimate of drug-likeness (QED) is 0.174.